The third-order valence-electron chi connectivity index (χ3n) is 6.00. The van der Waals surface area contributed by atoms with E-state index in [1.165, 1.54) is 6.07 Å². The molecule has 5 heteroatoms. The second-order valence-electron chi connectivity index (χ2n) is 9.29. The summed E-state index contributed by atoms with van der Waals surface area (Å²) in [5.41, 5.74) is 5.19. The molecular formula is C28H22FN3O. The molecular weight excluding hydrogens is 413 g/mol. The van der Waals surface area contributed by atoms with Crippen LogP contribution in [0.25, 0.3) is 50.2 Å². The van der Waals surface area contributed by atoms with Gasteiger partial charge in [0, 0.05) is 22.2 Å². The summed E-state index contributed by atoms with van der Waals surface area (Å²) < 4.78 is 23.2. The minimum atomic E-state index is -0.311. The maximum Gasteiger partial charge on any atom is 0.165 e. The van der Waals surface area contributed by atoms with Crippen molar-refractivity contribution in [3.05, 3.63) is 90.4 Å². The number of hydrogen-bond donors (Lipinski definition) is 0. The lowest BCUT2D eigenvalue weighted by molar-refractivity contribution is 0.571. The van der Waals surface area contributed by atoms with Crippen molar-refractivity contribution in [1.82, 2.24) is 14.5 Å². The molecule has 0 spiro atoms. The predicted octanol–water partition coefficient (Wildman–Crippen LogP) is 7.42. The Morgan fingerprint density at radius 2 is 1.58 bits per heavy atom. The quantitative estimate of drug-likeness (QED) is 0.284. The molecule has 6 rings (SSSR count). The molecule has 0 N–H and O–H groups in total. The van der Waals surface area contributed by atoms with Crippen molar-refractivity contribution in [2.45, 2.75) is 26.2 Å². The Morgan fingerprint density at radius 3 is 2.36 bits per heavy atom. The Labute approximate surface area is 190 Å². The van der Waals surface area contributed by atoms with Gasteiger partial charge in [0.2, 0.25) is 0 Å². The molecule has 3 aromatic heterocycles. The van der Waals surface area contributed by atoms with Crippen molar-refractivity contribution in [3.8, 4) is 17.1 Å². The SMILES string of the molecule is CC(C)(C)c1ccc2nc(-c3ccc(F)c4c3oc3ccccc34)n(-c3ccccc3)c2n1. The third kappa shape index (κ3) is 3.04. The standard InChI is InChI=1S/C28H22FN3O/c1-28(2,3)23-16-15-21-27(31-23)32(17-9-5-4-6-10-17)26(30-21)19-13-14-20(29)24-18-11-7-8-12-22(18)33-25(19)24/h4-16H,1-3H3. The molecule has 0 radical (unpaired) electrons. The fourth-order valence-corrected chi connectivity index (χ4v) is 4.34. The highest BCUT2D eigenvalue weighted by atomic mass is 19.1. The van der Waals surface area contributed by atoms with Gasteiger partial charge in [0.05, 0.1) is 10.9 Å². The third-order valence-corrected chi connectivity index (χ3v) is 6.00. The minimum Gasteiger partial charge on any atom is -0.455 e. The van der Waals surface area contributed by atoms with Crippen LogP contribution in [0.5, 0.6) is 0 Å². The first-order valence-electron chi connectivity index (χ1n) is 11.0. The number of imidazole rings is 1. The summed E-state index contributed by atoms with van der Waals surface area (Å²) in [6, 6.07) is 24.8. The van der Waals surface area contributed by atoms with Crippen LogP contribution < -0.4 is 0 Å². The van der Waals surface area contributed by atoms with Crippen LogP contribution in [0.15, 0.2) is 83.3 Å². The largest absolute Gasteiger partial charge is 0.455 e. The fraction of sp³-hybridized carbons (Fsp3) is 0.143. The number of halogens is 1. The zero-order valence-corrected chi connectivity index (χ0v) is 18.6. The van der Waals surface area contributed by atoms with E-state index in [1.807, 2.05) is 71.3 Å². The zero-order chi connectivity index (χ0) is 22.7. The normalized spacial score (nSPS) is 12.2. The van der Waals surface area contributed by atoms with E-state index >= 15 is 0 Å². The molecule has 0 amide bonds. The van der Waals surface area contributed by atoms with Crippen molar-refractivity contribution in [3.63, 3.8) is 0 Å². The van der Waals surface area contributed by atoms with Crippen molar-refractivity contribution >= 4 is 33.1 Å². The Hall–Kier alpha value is -3.99. The van der Waals surface area contributed by atoms with Crippen LogP contribution in [0.1, 0.15) is 26.5 Å². The lowest BCUT2D eigenvalue weighted by atomic mass is 9.92. The van der Waals surface area contributed by atoms with Gasteiger partial charge in [-0.25, -0.2) is 14.4 Å². The van der Waals surface area contributed by atoms with Crippen LogP contribution in [-0.2, 0) is 5.41 Å². The van der Waals surface area contributed by atoms with Crippen molar-refractivity contribution in [2.75, 3.05) is 0 Å². The second-order valence-corrected chi connectivity index (χ2v) is 9.29. The van der Waals surface area contributed by atoms with E-state index in [0.29, 0.717) is 22.4 Å². The van der Waals surface area contributed by atoms with Gasteiger partial charge >= 0.3 is 0 Å². The van der Waals surface area contributed by atoms with E-state index in [2.05, 4.69) is 20.8 Å². The lowest BCUT2D eigenvalue weighted by Gasteiger charge is -2.17. The molecule has 0 aliphatic rings. The highest BCUT2D eigenvalue weighted by Crippen LogP contribution is 2.39. The van der Waals surface area contributed by atoms with E-state index in [-0.39, 0.29) is 11.2 Å². The average molecular weight is 436 g/mol. The van der Waals surface area contributed by atoms with Gasteiger partial charge in [-0.15, -0.1) is 0 Å². The molecule has 0 fully saturated rings. The Morgan fingerprint density at radius 1 is 0.818 bits per heavy atom. The summed E-state index contributed by atoms with van der Waals surface area (Å²) in [6.45, 7) is 6.43. The number of rotatable bonds is 2. The number of pyridine rings is 1. The first-order valence-corrected chi connectivity index (χ1v) is 11.0. The predicted molar refractivity (Wildman–Crippen MR) is 130 cm³/mol. The zero-order valence-electron chi connectivity index (χ0n) is 18.6. The van der Waals surface area contributed by atoms with E-state index in [1.54, 1.807) is 6.07 Å². The Balaban J connectivity index is 1.73. The summed E-state index contributed by atoms with van der Waals surface area (Å²) in [6.07, 6.45) is 0. The second kappa shape index (κ2) is 7.01. The number of benzene rings is 3. The molecule has 4 nitrogen and oxygen atoms in total. The van der Waals surface area contributed by atoms with Gasteiger partial charge in [0.25, 0.3) is 0 Å². The van der Waals surface area contributed by atoms with Crippen molar-refractivity contribution in [2.24, 2.45) is 0 Å². The molecule has 3 heterocycles. The molecule has 6 aromatic rings. The summed E-state index contributed by atoms with van der Waals surface area (Å²) in [5.74, 6) is 0.355. The Kier molecular flexibility index (Phi) is 4.18. The first-order chi connectivity index (χ1) is 15.9. The van der Waals surface area contributed by atoms with Crippen LogP contribution >= 0.6 is 0 Å². The summed E-state index contributed by atoms with van der Waals surface area (Å²) in [5, 5.41) is 1.22. The van der Waals surface area contributed by atoms with Gasteiger partial charge in [0.15, 0.2) is 11.5 Å². The Bertz CT molecular complexity index is 1660. The summed E-state index contributed by atoms with van der Waals surface area (Å²) >= 11 is 0. The molecule has 0 atom stereocenters. The molecule has 0 unspecified atom stereocenters. The van der Waals surface area contributed by atoms with E-state index in [0.717, 1.165) is 33.5 Å². The van der Waals surface area contributed by atoms with Gasteiger partial charge in [-0.1, -0.05) is 57.2 Å². The topological polar surface area (TPSA) is 43.9 Å². The molecule has 0 aliphatic heterocycles. The first kappa shape index (κ1) is 19.7. The number of hydrogen-bond acceptors (Lipinski definition) is 3. The number of furan rings is 1. The van der Waals surface area contributed by atoms with Crippen LogP contribution in [-0.4, -0.2) is 14.5 Å². The van der Waals surface area contributed by atoms with Crippen LogP contribution in [0.2, 0.25) is 0 Å². The van der Waals surface area contributed by atoms with Crippen LogP contribution in [0, 0.1) is 5.82 Å². The van der Waals surface area contributed by atoms with Gasteiger partial charge in [-0.3, -0.25) is 4.57 Å². The average Bonchev–Trinajstić information content (AvgIpc) is 3.38. The van der Waals surface area contributed by atoms with Crippen molar-refractivity contribution in [1.29, 1.82) is 0 Å². The van der Waals surface area contributed by atoms with E-state index < -0.39 is 0 Å². The van der Waals surface area contributed by atoms with Crippen LogP contribution in [0.3, 0.4) is 0 Å². The smallest absolute Gasteiger partial charge is 0.165 e. The summed E-state index contributed by atoms with van der Waals surface area (Å²) in [4.78, 5) is 9.96. The number of fused-ring (bicyclic) bond motifs is 4. The molecule has 162 valence electrons. The highest BCUT2D eigenvalue weighted by Gasteiger charge is 2.24. The highest BCUT2D eigenvalue weighted by molar-refractivity contribution is 6.09. The van der Waals surface area contributed by atoms with Gasteiger partial charge < -0.3 is 4.42 Å². The van der Waals surface area contributed by atoms with Crippen molar-refractivity contribution < 1.29 is 8.81 Å². The van der Waals surface area contributed by atoms with Gasteiger partial charge in [-0.2, -0.15) is 0 Å². The molecule has 3 aromatic carbocycles. The summed E-state index contributed by atoms with van der Waals surface area (Å²) in [7, 11) is 0. The van der Waals surface area contributed by atoms with Gasteiger partial charge in [-0.05, 0) is 42.5 Å². The number of para-hydroxylation sites is 2. The monoisotopic (exact) mass is 435 g/mol. The fourth-order valence-electron chi connectivity index (χ4n) is 4.34. The molecule has 0 bridgehead atoms. The number of nitrogens with zero attached hydrogens (tertiary/aromatic N) is 3. The molecule has 33 heavy (non-hydrogen) atoms. The number of aromatic nitrogens is 3. The minimum absolute atomic E-state index is 0.109. The molecule has 0 saturated carbocycles. The maximum atomic E-state index is 15.0. The molecule has 0 saturated heterocycles. The van der Waals surface area contributed by atoms with E-state index in [9.17, 15) is 4.39 Å². The molecule has 0 aliphatic carbocycles. The van der Waals surface area contributed by atoms with E-state index in [4.69, 9.17) is 14.4 Å². The maximum absolute atomic E-state index is 15.0. The van der Waals surface area contributed by atoms with Crippen LogP contribution in [0.4, 0.5) is 4.39 Å². The lowest BCUT2D eigenvalue weighted by Crippen LogP contribution is -2.13. The van der Waals surface area contributed by atoms with Gasteiger partial charge in [0.1, 0.15) is 22.5 Å².